The fourth-order valence-electron chi connectivity index (χ4n) is 3.93. The summed E-state index contributed by atoms with van der Waals surface area (Å²) in [5.74, 6) is 0.859. The van der Waals surface area contributed by atoms with Crippen LogP contribution in [0.3, 0.4) is 0 Å². The van der Waals surface area contributed by atoms with Gasteiger partial charge in [0.05, 0.1) is 17.4 Å². The number of benzene rings is 2. The molecule has 0 aliphatic heterocycles. The highest BCUT2D eigenvalue weighted by atomic mass is 15.1. The average Bonchev–Trinajstić information content (AvgIpc) is 3.05. The van der Waals surface area contributed by atoms with E-state index in [9.17, 15) is 0 Å². The van der Waals surface area contributed by atoms with Gasteiger partial charge in [-0.15, -0.1) is 0 Å². The van der Waals surface area contributed by atoms with Crippen molar-refractivity contribution in [3.8, 4) is 0 Å². The Morgan fingerprint density at radius 3 is 2.15 bits per heavy atom. The number of nitrogens with zero attached hydrogens (tertiary/aromatic N) is 2. The molecule has 2 nitrogen and oxygen atoms in total. The summed E-state index contributed by atoms with van der Waals surface area (Å²) in [5, 5.41) is 0. The lowest BCUT2D eigenvalue weighted by Crippen LogP contribution is -2.26. The SMILES string of the molecule is CC(C)(C)C1CCc2ccccc2C1.CC(C)(C)n1cnc2ccccc21. The Kier molecular flexibility index (Phi) is 5.46. The highest BCUT2D eigenvalue weighted by molar-refractivity contribution is 5.75. The van der Waals surface area contributed by atoms with Crippen molar-refractivity contribution in [3.63, 3.8) is 0 Å². The molecule has 0 fully saturated rings. The van der Waals surface area contributed by atoms with E-state index in [1.807, 2.05) is 24.5 Å². The monoisotopic (exact) mass is 362 g/mol. The highest BCUT2D eigenvalue weighted by Gasteiger charge is 2.28. The third kappa shape index (κ3) is 4.61. The van der Waals surface area contributed by atoms with Crippen LogP contribution in [0.15, 0.2) is 54.9 Å². The van der Waals surface area contributed by atoms with E-state index in [-0.39, 0.29) is 5.54 Å². The molecule has 1 atom stereocenters. The maximum Gasteiger partial charge on any atom is 0.0963 e. The third-order valence-electron chi connectivity index (χ3n) is 5.75. The minimum atomic E-state index is 0.107. The zero-order valence-corrected chi connectivity index (χ0v) is 17.8. The minimum absolute atomic E-state index is 0.107. The van der Waals surface area contributed by atoms with Gasteiger partial charge in [-0.25, -0.2) is 4.98 Å². The van der Waals surface area contributed by atoms with E-state index in [2.05, 4.69) is 81.4 Å². The lowest BCUT2D eigenvalue weighted by molar-refractivity contribution is 0.216. The molecule has 2 aromatic carbocycles. The van der Waals surface area contributed by atoms with E-state index in [1.165, 1.54) is 24.8 Å². The topological polar surface area (TPSA) is 17.8 Å². The first-order valence-electron chi connectivity index (χ1n) is 10.2. The number of fused-ring (bicyclic) bond motifs is 2. The van der Waals surface area contributed by atoms with E-state index < -0.39 is 0 Å². The summed E-state index contributed by atoms with van der Waals surface area (Å²) in [5.41, 5.74) is 6.00. The van der Waals surface area contributed by atoms with Crippen LogP contribution in [0.4, 0.5) is 0 Å². The molecule has 4 rings (SSSR count). The Bertz CT molecular complexity index is 890. The normalized spacial score (nSPS) is 17.2. The van der Waals surface area contributed by atoms with Gasteiger partial charge in [-0.3, -0.25) is 0 Å². The van der Waals surface area contributed by atoms with Crippen LogP contribution >= 0.6 is 0 Å². The first-order chi connectivity index (χ1) is 12.7. The van der Waals surface area contributed by atoms with E-state index in [0.717, 1.165) is 11.4 Å². The molecule has 3 aromatic rings. The van der Waals surface area contributed by atoms with Gasteiger partial charge < -0.3 is 4.57 Å². The molecule has 2 heteroatoms. The molecule has 1 heterocycles. The van der Waals surface area contributed by atoms with Crippen LogP contribution in [-0.4, -0.2) is 9.55 Å². The summed E-state index contributed by atoms with van der Waals surface area (Å²) in [6, 6.07) is 17.1. The van der Waals surface area contributed by atoms with Gasteiger partial charge in [-0.1, -0.05) is 57.2 Å². The summed E-state index contributed by atoms with van der Waals surface area (Å²) in [7, 11) is 0. The highest BCUT2D eigenvalue weighted by Crippen LogP contribution is 2.36. The first kappa shape index (κ1) is 19.7. The summed E-state index contributed by atoms with van der Waals surface area (Å²) in [6.07, 6.45) is 5.82. The molecule has 0 saturated heterocycles. The zero-order chi connectivity index (χ0) is 19.7. The summed E-state index contributed by atoms with van der Waals surface area (Å²) in [4.78, 5) is 4.35. The molecular formula is C25H34N2. The van der Waals surface area contributed by atoms with Crippen molar-refractivity contribution in [2.45, 2.75) is 66.3 Å². The van der Waals surface area contributed by atoms with Crippen LogP contribution in [0.25, 0.3) is 11.0 Å². The van der Waals surface area contributed by atoms with Crippen LogP contribution in [-0.2, 0) is 18.4 Å². The van der Waals surface area contributed by atoms with Crippen molar-refractivity contribution < 1.29 is 0 Å². The lowest BCUT2D eigenvalue weighted by atomic mass is 9.71. The maximum atomic E-state index is 4.35. The largest absolute Gasteiger partial charge is 0.325 e. The Balaban J connectivity index is 0.000000156. The molecule has 1 aliphatic carbocycles. The molecule has 0 radical (unpaired) electrons. The van der Waals surface area contributed by atoms with Gasteiger partial charge in [0.1, 0.15) is 0 Å². The van der Waals surface area contributed by atoms with Crippen LogP contribution in [0.2, 0.25) is 0 Å². The van der Waals surface area contributed by atoms with Crippen LogP contribution in [0, 0.1) is 11.3 Å². The van der Waals surface area contributed by atoms with Crippen molar-refractivity contribution in [3.05, 3.63) is 66.0 Å². The second-order valence-corrected chi connectivity index (χ2v) is 9.85. The number of imidazole rings is 1. The fourth-order valence-corrected chi connectivity index (χ4v) is 3.93. The molecule has 1 unspecified atom stereocenters. The molecule has 27 heavy (non-hydrogen) atoms. The quantitative estimate of drug-likeness (QED) is 0.439. The average molecular weight is 363 g/mol. The molecule has 144 valence electrons. The number of hydrogen-bond donors (Lipinski definition) is 0. The van der Waals surface area contributed by atoms with E-state index in [1.54, 1.807) is 11.1 Å². The molecule has 0 amide bonds. The summed E-state index contributed by atoms with van der Waals surface area (Å²) >= 11 is 0. The third-order valence-corrected chi connectivity index (χ3v) is 5.75. The molecule has 0 saturated carbocycles. The van der Waals surface area contributed by atoms with Crippen LogP contribution < -0.4 is 0 Å². The molecule has 1 aromatic heterocycles. The molecule has 0 N–H and O–H groups in total. The van der Waals surface area contributed by atoms with E-state index >= 15 is 0 Å². The number of aryl methyl sites for hydroxylation is 1. The molecule has 0 bridgehead atoms. The van der Waals surface area contributed by atoms with Gasteiger partial charge in [0.25, 0.3) is 0 Å². The number of aromatic nitrogens is 2. The minimum Gasteiger partial charge on any atom is -0.325 e. The zero-order valence-electron chi connectivity index (χ0n) is 17.8. The second kappa shape index (κ2) is 7.50. The van der Waals surface area contributed by atoms with Gasteiger partial charge in [-0.2, -0.15) is 0 Å². The molecular weight excluding hydrogens is 328 g/mol. The molecule has 1 aliphatic rings. The van der Waals surface area contributed by atoms with Gasteiger partial charge in [-0.05, 0) is 74.6 Å². The van der Waals surface area contributed by atoms with Crippen molar-refractivity contribution in [1.82, 2.24) is 9.55 Å². The summed E-state index contributed by atoms with van der Waals surface area (Å²) < 4.78 is 2.20. The van der Waals surface area contributed by atoms with E-state index in [4.69, 9.17) is 0 Å². The predicted molar refractivity (Wildman–Crippen MR) is 116 cm³/mol. The van der Waals surface area contributed by atoms with Gasteiger partial charge in [0, 0.05) is 5.54 Å². The van der Waals surface area contributed by atoms with Crippen molar-refractivity contribution in [2.75, 3.05) is 0 Å². The van der Waals surface area contributed by atoms with Gasteiger partial charge in [0.15, 0.2) is 0 Å². The Labute approximate surface area is 164 Å². The van der Waals surface area contributed by atoms with Crippen molar-refractivity contribution in [2.24, 2.45) is 11.3 Å². The first-order valence-corrected chi connectivity index (χ1v) is 10.2. The lowest BCUT2D eigenvalue weighted by Gasteiger charge is -2.34. The molecule has 0 spiro atoms. The predicted octanol–water partition coefficient (Wildman–Crippen LogP) is 6.63. The van der Waals surface area contributed by atoms with Crippen molar-refractivity contribution >= 4 is 11.0 Å². The number of para-hydroxylation sites is 2. The Hall–Kier alpha value is -2.09. The van der Waals surface area contributed by atoms with Gasteiger partial charge in [0.2, 0.25) is 0 Å². The Morgan fingerprint density at radius 1 is 0.852 bits per heavy atom. The van der Waals surface area contributed by atoms with Gasteiger partial charge >= 0.3 is 0 Å². The number of rotatable bonds is 0. The standard InChI is InChI=1S/C14H20.C11H14N2/c1-14(2,3)13-9-8-11-6-4-5-7-12(11)10-13;1-11(2,3)13-8-12-9-6-4-5-7-10(9)13/h4-7,13H,8-10H2,1-3H3;4-8H,1-3H3. The maximum absolute atomic E-state index is 4.35. The second-order valence-electron chi connectivity index (χ2n) is 9.85. The van der Waals surface area contributed by atoms with Crippen molar-refractivity contribution in [1.29, 1.82) is 0 Å². The summed E-state index contributed by atoms with van der Waals surface area (Å²) in [6.45, 7) is 13.6. The Morgan fingerprint density at radius 2 is 1.48 bits per heavy atom. The smallest absolute Gasteiger partial charge is 0.0963 e. The van der Waals surface area contributed by atoms with E-state index in [0.29, 0.717) is 5.41 Å². The fraction of sp³-hybridized carbons (Fsp3) is 0.480. The number of hydrogen-bond acceptors (Lipinski definition) is 1. The van der Waals surface area contributed by atoms with Crippen LogP contribution in [0.5, 0.6) is 0 Å². The van der Waals surface area contributed by atoms with Crippen LogP contribution in [0.1, 0.15) is 59.1 Å².